The second-order valence-electron chi connectivity index (χ2n) is 5.30. The van der Waals surface area contributed by atoms with Gasteiger partial charge in [-0.1, -0.05) is 0 Å². The fourth-order valence-electron chi connectivity index (χ4n) is 2.27. The number of aromatic carboxylic acids is 1. The molecule has 2 N–H and O–H groups in total. The van der Waals surface area contributed by atoms with Crippen molar-refractivity contribution in [1.29, 1.82) is 0 Å². The van der Waals surface area contributed by atoms with E-state index in [0.717, 1.165) is 12.8 Å². The molecular weight excluding hydrogens is 312 g/mol. The minimum atomic E-state index is -0.984. The van der Waals surface area contributed by atoms with Gasteiger partial charge >= 0.3 is 5.97 Å². The molecule has 0 radical (unpaired) electrons. The van der Waals surface area contributed by atoms with Crippen molar-refractivity contribution < 1.29 is 14.6 Å². The van der Waals surface area contributed by atoms with Gasteiger partial charge in [-0.25, -0.2) is 9.78 Å². The Labute approximate surface area is 120 Å². The van der Waals surface area contributed by atoms with Crippen LogP contribution in [0, 0.1) is 0 Å². The van der Waals surface area contributed by atoms with E-state index >= 15 is 0 Å². The smallest absolute Gasteiger partial charge is 0.339 e. The lowest BCUT2D eigenvalue weighted by atomic mass is 9.94. The van der Waals surface area contributed by atoms with E-state index < -0.39 is 5.97 Å². The number of halogens is 1. The van der Waals surface area contributed by atoms with Crippen LogP contribution in [-0.2, 0) is 4.74 Å². The Balaban J connectivity index is 2.17. The Hall–Kier alpha value is -1.14. The standard InChI is InChI=1S/C13H17BrN2O3/c1-13(2)6-9(3-4-19-13)16-11-10(12(17)18)5-8(14)7-15-11/h5,7,9H,3-4,6H2,1-2H3,(H,15,16)(H,17,18). The fourth-order valence-corrected chi connectivity index (χ4v) is 2.60. The molecule has 1 aromatic rings. The van der Waals surface area contributed by atoms with Crippen LogP contribution < -0.4 is 5.32 Å². The quantitative estimate of drug-likeness (QED) is 0.892. The number of aromatic nitrogens is 1. The zero-order chi connectivity index (χ0) is 14.0. The summed E-state index contributed by atoms with van der Waals surface area (Å²) in [5.74, 6) is -0.569. The normalized spacial score (nSPS) is 21.9. The second-order valence-corrected chi connectivity index (χ2v) is 6.21. The zero-order valence-corrected chi connectivity index (χ0v) is 12.5. The van der Waals surface area contributed by atoms with Gasteiger partial charge in [0.2, 0.25) is 0 Å². The molecule has 1 fully saturated rings. The van der Waals surface area contributed by atoms with Gasteiger partial charge in [0.25, 0.3) is 0 Å². The van der Waals surface area contributed by atoms with Crippen molar-refractivity contribution in [3.8, 4) is 0 Å². The second kappa shape index (κ2) is 5.46. The van der Waals surface area contributed by atoms with E-state index in [0.29, 0.717) is 16.9 Å². The third kappa shape index (κ3) is 3.67. The summed E-state index contributed by atoms with van der Waals surface area (Å²) < 4.78 is 6.30. The number of hydrogen-bond acceptors (Lipinski definition) is 4. The summed E-state index contributed by atoms with van der Waals surface area (Å²) in [6.07, 6.45) is 3.27. The number of nitrogens with zero attached hydrogens (tertiary/aromatic N) is 1. The average molecular weight is 329 g/mol. The van der Waals surface area contributed by atoms with E-state index in [2.05, 4.69) is 26.2 Å². The number of anilines is 1. The van der Waals surface area contributed by atoms with Crippen molar-refractivity contribution in [2.24, 2.45) is 0 Å². The number of pyridine rings is 1. The van der Waals surface area contributed by atoms with Crippen molar-refractivity contribution in [3.05, 3.63) is 22.3 Å². The van der Waals surface area contributed by atoms with Gasteiger partial charge in [0.1, 0.15) is 11.4 Å². The largest absolute Gasteiger partial charge is 0.478 e. The first-order valence-electron chi connectivity index (χ1n) is 6.17. The van der Waals surface area contributed by atoms with Gasteiger partial charge in [-0.3, -0.25) is 0 Å². The first kappa shape index (κ1) is 14.3. The summed E-state index contributed by atoms with van der Waals surface area (Å²) in [5.41, 5.74) is -0.00652. The molecule has 0 saturated carbocycles. The van der Waals surface area contributed by atoms with Crippen LogP contribution in [-0.4, -0.2) is 34.3 Å². The predicted molar refractivity (Wildman–Crippen MR) is 75.6 cm³/mol. The molecular formula is C13H17BrN2O3. The lowest BCUT2D eigenvalue weighted by Gasteiger charge is -2.36. The number of ether oxygens (including phenoxy) is 1. The molecule has 1 aliphatic heterocycles. The Morgan fingerprint density at radius 3 is 3.00 bits per heavy atom. The van der Waals surface area contributed by atoms with Crippen LogP contribution in [0.25, 0.3) is 0 Å². The molecule has 0 amide bonds. The maximum atomic E-state index is 11.2. The molecule has 104 valence electrons. The van der Waals surface area contributed by atoms with E-state index in [1.165, 1.54) is 0 Å². The van der Waals surface area contributed by atoms with Crippen molar-refractivity contribution in [1.82, 2.24) is 4.98 Å². The molecule has 19 heavy (non-hydrogen) atoms. The summed E-state index contributed by atoms with van der Waals surface area (Å²) in [6, 6.07) is 1.73. The molecule has 1 unspecified atom stereocenters. The number of hydrogen-bond donors (Lipinski definition) is 2. The molecule has 0 spiro atoms. The van der Waals surface area contributed by atoms with Gasteiger partial charge in [-0.05, 0) is 48.7 Å². The number of carbonyl (C=O) groups is 1. The molecule has 1 aromatic heterocycles. The SMILES string of the molecule is CC1(C)CC(Nc2ncc(Br)cc2C(=O)O)CCO1. The van der Waals surface area contributed by atoms with Crippen LogP contribution >= 0.6 is 15.9 Å². The Kier molecular flexibility index (Phi) is 4.10. The Bertz CT molecular complexity index is 491. The third-order valence-corrected chi connectivity index (χ3v) is 3.56. The first-order chi connectivity index (χ1) is 8.87. The fraction of sp³-hybridized carbons (Fsp3) is 0.538. The summed E-state index contributed by atoms with van der Waals surface area (Å²) in [4.78, 5) is 15.4. The van der Waals surface area contributed by atoms with E-state index in [1.54, 1.807) is 12.3 Å². The van der Waals surface area contributed by atoms with Crippen LogP contribution in [0.15, 0.2) is 16.7 Å². The molecule has 1 atom stereocenters. The highest BCUT2D eigenvalue weighted by molar-refractivity contribution is 9.10. The van der Waals surface area contributed by atoms with Crippen LogP contribution in [0.3, 0.4) is 0 Å². The van der Waals surface area contributed by atoms with E-state index in [-0.39, 0.29) is 17.2 Å². The highest BCUT2D eigenvalue weighted by Gasteiger charge is 2.29. The van der Waals surface area contributed by atoms with Crippen molar-refractivity contribution >= 4 is 27.7 Å². The molecule has 1 aliphatic rings. The number of nitrogens with one attached hydrogen (secondary N) is 1. The van der Waals surface area contributed by atoms with Gasteiger partial charge < -0.3 is 15.2 Å². The minimum Gasteiger partial charge on any atom is -0.478 e. The van der Waals surface area contributed by atoms with Gasteiger partial charge in [0.05, 0.1) is 5.60 Å². The van der Waals surface area contributed by atoms with Gasteiger partial charge in [-0.2, -0.15) is 0 Å². The van der Waals surface area contributed by atoms with Crippen molar-refractivity contribution in [2.45, 2.75) is 38.3 Å². The first-order valence-corrected chi connectivity index (χ1v) is 6.96. The third-order valence-electron chi connectivity index (χ3n) is 3.12. The molecule has 0 aromatic carbocycles. The monoisotopic (exact) mass is 328 g/mol. The molecule has 1 saturated heterocycles. The lowest BCUT2D eigenvalue weighted by molar-refractivity contribution is -0.0553. The maximum Gasteiger partial charge on any atom is 0.339 e. The molecule has 0 bridgehead atoms. The van der Waals surface area contributed by atoms with Gasteiger partial charge in [0, 0.05) is 23.3 Å². The highest BCUT2D eigenvalue weighted by Crippen LogP contribution is 2.27. The molecule has 6 heteroatoms. The van der Waals surface area contributed by atoms with Crippen LogP contribution in [0.4, 0.5) is 5.82 Å². The number of rotatable bonds is 3. The van der Waals surface area contributed by atoms with Gasteiger partial charge in [-0.15, -0.1) is 0 Å². The van der Waals surface area contributed by atoms with Crippen LogP contribution in [0.2, 0.25) is 0 Å². The van der Waals surface area contributed by atoms with Crippen molar-refractivity contribution in [3.63, 3.8) is 0 Å². The van der Waals surface area contributed by atoms with E-state index in [4.69, 9.17) is 4.74 Å². The predicted octanol–water partition coefficient (Wildman–Crippen LogP) is 2.91. The minimum absolute atomic E-state index is 0.176. The maximum absolute atomic E-state index is 11.2. The Morgan fingerprint density at radius 1 is 1.63 bits per heavy atom. The van der Waals surface area contributed by atoms with E-state index in [9.17, 15) is 9.90 Å². The summed E-state index contributed by atoms with van der Waals surface area (Å²) in [6.45, 7) is 4.74. The molecule has 2 rings (SSSR count). The topological polar surface area (TPSA) is 71.5 Å². The summed E-state index contributed by atoms with van der Waals surface area (Å²) in [5, 5.41) is 12.4. The Morgan fingerprint density at radius 2 is 2.37 bits per heavy atom. The summed E-state index contributed by atoms with van der Waals surface area (Å²) >= 11 is 3.23. The summed E-state index contributed by atoms with van der Waals surface area (Å²) in [7, 11) is 0. The van der Waals surface area contributed by atoms with Gasteiger partial charge in [0.15, 0.2) is 0 Å². The van der Waals surface area contributed by atoms with E-state index in [1.807, 2.05) is 13.8 Å². The highest BCUT2D eigenvalue weighted by atomic mass is 79.9. The van der Waals surface area contributed by atoms with Crippen molar-refractivity contribution in [2.75, 3.05) is 11.9 Å². The molecule has 0 aliphatic carbocycles. The zero-order valence-electron chi connectivity index (χ0n) is 10.9. The lowest BCUT2D eigenvalue weighted by Crippen LogP contribution is -2.40. The van der Waals surface area contributed by atoms with Crippen LogP contribution in [0.1, 0.15) is 37.0 Å². The molecule has 5 nitrogen and oxygen atoms in total. The molecule has 2 heterocycles. The number of carboxylic acid groups (broad SMARTS) is 1. The average Bonchev–Trinajstić information content (AvgIpc) is 2.30. The van der Waals surface area contributed by atoms with Crippen LogP contribution in [0.5, 0.6) is 0 Å². The number of carboxylic acids is 1.